The van der Waals surface area contributed by atoms with Gasteiger partial charge in [-0.25, -0.2) is 0 Å². The Morgan fingerprint density at radius 3 is 2.62 bits per heavy atom. The maximum atomic E-state index is 12.2. The number of aromatic nitrogens is 2. The number of halogens is 1. The number of likely N-dealkylation sites (tertiary alicyclic amines) is 1. The number of rotatable bonds is 4. The third kappa shape index (κ3) is 3.39. The summed E-state index contributed by atoms with van der Waals surface area (Å²) in [4.78, 5) is 18.4. The molecule has 1 saturated heterocycles. The lowest BCUT2D eigenvalue weighted by Crippen LogP contribution is -2.47. The fourth-order valence-electron chi connectivity index (χ4n) is 2.80. The Morgan fingerprint density at radius 2 is 1.85 bits per heavy atom. The summed E-state index contributed by atoms with van der Waals surface area (Å²) in [7, 11) is 0. The molecule has 1 aliphatic heterocycles. The molecule has 1 aromatic heterocycles. The molecule has 5 nitrogen and oxygen atoms in total. The average Bonchev–Trinajstić information content (AvgIpc) is 3.10. The summed E-state index contributed by atoms with van der Waals surface area (Å²) in [5.74, 6) is 1.17. The van der Waals surface area contributed by atoms with Crippen molar-refractivity contribution < 1.29 is 9.32 Å². The standard InChI is InChI=1S/C20H16ClN3O2/c21-17-9-5-4-6-14(17)10-11-18(25)24-12-16(13-24)20-22-19(23-26-20)15-7-2-1-3-8-15/h1-11,16H,12-13H2/b11-10+. The van der Waals surface area contributed by atoms with Crippen molar-refractivity contribution in [1.29, 1.82) is 0 Å². The van der Waals surface area contributed by atoms with E-state index >= 15 is 0 Å². The van der Waals surface area contributed by atoms with Crippen LogP contribution in [0.5, 0.6) is 0 Å². The van der Waals surface area contributed by atoms with Crippen molar-refractivity contribution in [2.75, 3.05) is 13.1 Å². The van der Waals surface area contributed by atoms with Gasteiger partial charge in [0.25, 0.3) is 0 Å². The molecule has 26 heavy (non-hydrogen) atoms. The van der Waals surface area contributed by atoms with Crippen LogP contribution in [0.1, 0.15) is 17.4 Å². The van der Waals surface area contributed by atoms with E-state index in [0.29, 0.717) is 29.8 Å². The molecule has 1 fully saturated rings. The zero-order valence-electron chi connectivity index (χ0n) is 13.9. The fraction of sp³-hybridized carbons (Fsp3) is 0.150. The van der Waals surface area contributed by atoms with Gasteiger partial charge in [0.1, 0.15) is 0 Å². The highest BCUT2D eigenvalue weighted by Gasteiger charge is 2.34. The summed E-state index contributed by atoms with van der Waals surface area (Å²) in [5.41, 5.74) is 1.74. The van der Waals surface area contributed by atoms with Crippen molar-refractivity contribution in [3.63, 3.8) is 0 Å². The van der Waals surface area contributed by atoms with E-state index in [4.69, 9.17) is 16.1 Å². The van der Waals surface area contributed by atoms with Gasteiger partial charge in [0.15, 0.2) is 0 Å². The third-order valence-electron chi connectivity index (χ3n) is 4.33. The maximum Gasteiger partial charge on any atom is 0.246 e. The first-order valence-corrected chi connectivity index (χ1v) is 8.69. The van der Waals surface area contributed by atoms with Gasteiger partial charge in [-0.1, -0.05) is 65.3 Å². The largest absolute Gasteiger partial charge is 0.339 e. The minimum absolute atomic E-state index is 0.0519. The number of carbonyl (C=O) groups is 1. The number of carbonyl (C=O) groups excluding carboxylic acids is 1. The molecular weight excluding hydrogens is 350 g/mol. The first-order chi connectivity index (χ1) is 12.7. The van der Waals surface area contributed by atoms with Crippen molar-refractivity contribution >= 4 is 23.6 Å². The molecule has 0 N–H and O–H groups in total. The van der Waals surface area contributed by atoms with Crippen LogP contribution in [0.25, 0.3) is 17.5 Å². The van der Waals surface area contributed by atoms with Gasteiger partial charge in [0.05, 0.1) is 5.92 Å². The van der Waals surface area contributed by atoms with Gasteiger partial charge in [-0.2, -0.15) is 4.98 Å². The second-order valence-electron chi connectivity index (χ2n) is 6.12. The SMILES string of the molecule is O=C(/C=C/c1ccccc1Cl)N1CC(c2nc(-c3ccccc3)no2)C1. The predicted octanol–water partition coefficient (Wildman–Crippen LogP) is 4.03. The second-order valence-corrected chi connectivity index (χ2v) is 6.52. The van der Waals surface area contributed by atoms with E-state index in [2.05, 4.69) is 10.1 Å². The number of nitrogens with zero attached hydrogens (tertiary/aromatic N) is 3. The Balaban J connectivity index is 1.36. The molecule has 0 spiro atoms. The predicted molar refractivity (Wildman–Crippen MR) is 99.5 cm³/mol. The number of hydrogen-bond acceptors (Lipinski definition) is 4. The van der Waals surface area contributed by atoms with Crippen LogP contribution in [0.2, 0.25) is 5.02 Å². The van der Waals surface area contributed by atoms with Gasteiger partial charge >= 0.3 is 0 Å². The normalized spacial score (nSPS) is 14.6. The van der Waals surface area contributed by atoms with Crippen molar-refractivity contribution in [2.45, 2.75) is 5.92 Å². The highest BCUT2D eigenvalue weighted by molar-refractivity contribution is 6.32. The molecule has 0 unspecified atom stereocenters. The van der Waals surface area contributed by atoms with Crippen LogP contribution in [0.15, 0.2) is 65.2 Å². The van der Waals surface area contributed by atoms with Crippen molar-refractivity contribution in [1.82, 2.24) is 15.0 Å². The lowest BCUT2D eigenvalue weighted by molar-refractivity contribution is -0.130. The molecule has 2 heterocycles. The molecule has 6 heteroatoms. The lowest BCUT2D eigenvalue weighted by Gasteiger charge is -2.36. The van der Waals surface area contributed by atoms with Crippen LogP contribution in [0.3, 0.4) is 0 Å². The number of amides is 1. The summed E-state index contributed by atoms with van der Waals surface area (Å²) < 4.78 is 5.36. The quantitative estimate of drug-likeness (QED) is 0.655. The summed E-state index contributed by atoms with van der Waals surface area (Å²) in [6.07, 6.45) is 3.28. The Labute approximate surface area is 155 Å². The van der Waals surface area contributed by atoms with Crippen molar-refractivity contribution in [3.05, 3.63) is 77.2 Å². The van der Waals surface area contributed by atoms with Crippen LogP contribution in [-0.4, -0.2) is 34.0 Å². The van der Waals surface area contributed by atoms with E-state index in [1.54, 1.807) is 23.1 Å². The van der Waals surface area contributed by atoms with E-state index in [-0.39, 0.29) is 11.8 Å². The molecular formula is C20H16ClN3O2. The molecule has 0 aliphatic carbocycles. The first kappa shape index (κ1) is 16.5. The molecule has 0 bridgehead atoms. The minimum atomic E-state index is -0.0519. The lowest BCUT2D eigenvalue weighted by atomic mass is 10.00. The Kier molecular flexibility index (Phi) is 4.54. The second kappa shape index (κ2) is 7.14. The number of benzene rings is 2. The van der Waals surface area contributed by atoms with Crippen molar-refractivity contribution in [2.24, 2.45) is 0 Å². The minimum Gasteiger partial charge on any atom is -0.339 e. The summed E-state index contributed by atoms with van der Waals surface area (Å²) in [6, 6.07) is 17.1. The smallest absolute Gasteiger partial charge is 0.246 e. The fourth-order valence-corrected chi connectivity index (χ4v) is 3.00. The Bertz CT molecular complexity index is 946. The van der Waals surface area contributed by atoms with E-state index in [1.165, 1.54) is 0 Å². The zero-order valence-corrected chi connectivity index (χ0v) is 14.6. The Morgan fingerprint density at radius 1 is 1.12 bits per heavy atom. The van der Waals surface area contributed by atoms with Gasteiger partial charge in [-0.15, -0.1) is 0 Å². The van der Waals surface area contributed by atoms with Crippen LogP contribution in [-0.2, 0) is 4.79 Å². The Hall–Kier alpha value is -2.92. The van der Waals surface area contributed by atoms with E-state index < -0.39 is 0 Å². The molecule has 0 radical (unpaired) electrons. The van der Waals surface area contributed by atoms with Gasteiger partial charge in [0.2, 0.25) is 17.6 Å². The molecule has 130 valence electrons. The highest BCUT2D eigenvalue weighted by Crippen LogP contribution is 2.28. The molecule has 1 aliphatic rings. The molecule has 2 aromatic carbocycles. The summed E-state index contributed by atoms with van der Waals surface area (Å²) >= 11 is 6.09. The molecule has 3 aromatic rings. The third-order valence-corrected chi connectivity index (χ3v) is 4.67. The zero-order chi connectivity index (χ0) is 17.9. The molecule has 0 atom stereocenters. The van der Waals surface area contributed by atoms with E-state index in [0.717, 1.165) is 11.1 Å². The van der Waals surface area contributed by atoms with Gasteiger partial charge in [-0.05, 0) is 17.7 Å². The topological polar surface area (TPSA) is 59.2 Å². The van der Waals surface area contributed by atoms with Gasteiger partial charge < -0.3 is 9.42 Å². The van der Waals surface area contributed by atoms with Crippen LogP contribution in [0.4, 0.5) is 0 Å². The molecule has 1 amide bonds. The number of hydrogen-bond donors (Lipinski definition) is 0. The van der Waals surface area contributed by atoms with Crippen LogP contribution >= 0.6 is 11.6 Å². The summed E-state index contributed by atoms with van der Waals surface area (Å²) in [5, 5.41) is 4.65. The molecule has 0 saturated carbocycles. The van der Waals surface area contributed by atoms with Crippen LogP contribution < -0.4 is 0 Å². The highest BCUT2D eigenvalue weighted by atomic mass is 35.5. The van der Waals surface area contributed by atoms with Crippen molar-refractivity contribution in [3.8, 4) is 11.4 Å². The molecule has 4 rings (SSSR count). The monoisotopic (exact) mass is 365 g/mol. The van der Waals surface area contributed by atoms with Gasteiger partial charge in [0, 0.05) is 29.8 Å². The first-order valence-electron chi connectivity index (χ1n) is 8.31. The van der Waals surface area contributed by atoms with E-state index in [1.807, 2.05) is 48.5 Å². The van der Waals surface area contributed by atoms with E-state index in [9.17, 15) is 4.79 Å². The van der Waals surface area contributed by atoms with Gasteiger partial charge in [-0.3, -0.25) is 4.79 Å². The summed E-state index contributed by atoms with van der Waals surface area (Å²) in [6.45, 7) is 1.14. The van der Waals surface area contributed by atoms with Crippen LogP contribution in [0, 0.1) is 0 Å². The average molecular weight is 366 g/mol. The maximum absolute atomic E-state index is 12.2.